The van der Waals surface area contributed by atoms with E-state index in [0.717, 1.165) is 11.3 Å². The summed E-state index contributed by atoms with van der Waals surface area (Å²) in [4.78, 5) is 38.3. The Kier molecular flexibility index (Phi) is 7.16. The molecule has 2 N–H and O–H groups in total. The standard InChI is InChI=1S/C22H22N2O7S/c1-5-30-22(27)17-12(2)18(32-21(17)24-19(25)16-7-6-10-31-16)20(26)23-14-11-13(28-3)8-9-15(14)29-4/h6-11H,5H2,1-4H3,(H,23,26)(H,24,25). The van der Waals surface area contributed by atoms with Gasteiger partial charge in [-0.2, -0.15) is 0 Å². The Balaban J connectivity index is 1.96. The smallest absolute Gasteiger partial charge is 0.341 e. The third-order valence-corrected chi connectivity index (χ3v) is 5.67. The lowest BCUT2D eigenvalue weighted by atomic mass is 10.1. The van der Waals surface area contributed by atoms with Crippen molar-refractivity contribution in [2.45, 2.75) is 13.8 Å². The molecule has 0 fully saturated rings. The summed E-state index contributed by atoms with van der Waals surface area (Å²) in [7, 11) is 2.99. The van der Waals surface area contributed by atoms with E-state index < -0.39 is 17.8 Å². The number of thiophene rings is 1. The Morgan fingerprint density at radius 1 is 1.06 bits per heavy atom. The van der Waals surface area contributed by atoms with Crippen molar-refractivity contribution >= 4 is 39.8 Å². The molecule has 0 aliphatic carbocycles. The number of rotatable bonds is 8. The van der Waals surface area contributed by atoms with Crippen molar-refractivity contribution in [1.29, 1.82) is 0 Å². The second-order valence-corrected chi connectivity index (χ2v) is 7.45. The zero-order chi connectivity index (χ0) is 23.3. The van der Waals surface area contributed by atoms with Gasteiger partial charge in [0.15, 0.2) is 5.76 Å². The first-order chi connectivity index (χ1) is 15.4. The first-order valence-corrected chi connectivity index (χ1v) is 10.4. The SMILES string of the molecule is CCOC(=O)c1c(NC(=O)c2ccco2)sc(C(=O)Nc2cc(OC)ccc2OC)c1C. The molecule has 0 unspecified atom stereocenters. The summed E-state index contributed by atoms with van der Waals surface area (Å²) in [6.07, 6.45) is 1.36. The van der Waals surface area contributed by atoms with Gasteiger partial charge in [0.25, 0.3) is 11.8 Å². The van der Waals surface area contributed by atoms with E-state index in [1.165, 1.54) is 26.5 Å². The van der Waals surface area contributed by atoms with E-state index in [4.69, 9.17) is 18.6 Å². The average Bonchev–Trinajstić information content (AvgIpc) is 3.42. The molecule has 2 amide bonds. The summed E-state index contributed by atoms with van der Waals surface area (Å²) in [6.45, 7) is 3.43. The van der Waals surface area contributed by atoms with Crippen LogP contribution in [0.25, 0.3) is 0 Å². The van der Waals surface area contributed by atoms with E-state index >= 15 is 0 Å². The third-order valence-electron chi connectivity index (χ3n) is 4.46. The predicted octanol–water partition coefficient (Wildman–Crippen LogP) is 4.35. The lowest BCUT2D eigenvalue weighted by Gasteiger charge is -2.11. The highest BCUT2D eigenvalue weighted by Crippen LogP contribution is 2.36. The van der Waals surface area contributed by atoms with Crippen molar-refractivity contribution in [2.75, 3.05) is 31.5 Å². The van der Waals surface area contributed by atoms with Crippen LogP contribution in [0.1, 0.15) is 43.1 Å². The quantitative estimate of drug-likeness (QED) is 0.482. The molecule has 32 heavy (non-hydrogen) atoms. The fourth-order valence-electron chi connectivity index (χ4n) is 2.93. The zero-order valence-electron chi connectivity index (χ0n) is 17.9. The molecule has 2 aromatic heterocycles. The van der Waals surface area contributed by atoms with Crippen LogP contribution < -0.4 is 20.1 Å². The average molecular weight is 458 g/mol. The first-order valence-electron chi connectivity index (χ1n) is 9.58. The molecule has 0 saturated heterocycles. The molecule has 168 valence electrons. The maximum Gasteiger partial charge on any atom is 0.341 e. The number of ether oxygens (including phenoxy) is 3. The van der Waals surface area contributed by atoms with Gasteiger partial charge in [0.05, 0.1) is 43.2 Å². The van der Waals surface area contributed by atoms with Crippen molar-refractivity contribution in [3.05, 3.63) is 58.4 Å². The lowest BCUT2D eigenvalue weighted by molar-refractivity contribution is 0.0527. The summed E-state index contributed by atoms with van der Waals surface area (Å²) in [5, 5.41) is 5.59. The summed E-state index contributed by atoms with van der Waals surface area (Å²) in [5.74, 6) is -0.647. The van der Waals surface area contributed by atoms with Gasteiger partial charge in [-0.3, -0.25) is 9.59 Å². The van der Waals surface area contributed by atoms with Crippen molar-refractivity contribution in [1.82, 2.24) is 0 Å². The maximum atomic E-state index is 13.1. The second kappa shape index (κ2) is 10.0. The number of hydrogen-bond donors (Lipinski definition) is 2. The van der Waals surface area contributed by atoms with Crippen molar-refractivity contribution < 1.29 is 33.0 Å². The number of benzene rings is 1. The Bertz CT molecular complexity index is 1140. The van der Waals surface area contributed by atoms with Gasteiger partial charge in [0.1, 0.15) is 16.5 Å². The van der Waals surface area contributed by atoms with Crippen LogP contribution in [-0.2, 0) is 4.74 Å². The molecule has 0 spiro atoms. The van der Waals surface area contributed by atoms with Crippen LogP contribution in [0.4, 0.5) is 10.7 Å². The van der Waals surface area contributed by atoms with E-state index in [1.807, 2.05) is 0 Å². The largest absolute Gasteiger partial charge is 0.497 e. The third kappa shape index (κ3) is 4.75. The number of carbonyl (C=O) groups excluding carboxylic acids is 3. The van der Waals surface area contributed by atoms with Gasteiger partial charge in [0, 0.05) is 6.07 Å². The molecule has 2 heterocycles. The number of hydrogen-bond acceptors (Lipinski definition) is 8. The molecule has 3 aromatic rings. The number of carbonyl (C=O) groups is 3. The molecule has 3 rings (SSSR count). The van der Waals surface area contributed by atoms with Crippen molar-refractivity contribution in [2.24, 2.45) is 0 Å². The van der Waals surface area contributed by atoms with Gasteiger partial charge < -0.3 is 29.3 Å². The predicted molar refractivity (Wildman–Crippen MR) is 119 cm³/mol. The van der Waals surface area contributed by atoms with Gasteiger partial charge in [-0.05, 0) is 43.7 Å². The minimum absolute atomic E-state index is 0.0676. The first kappa shape index (κ1) is 22.9. The van der Waals surface area contributed by atoms with Crippen molar-refractivity contribution in [3.63, 3.8) is 0 Å². The number of esters is 1. The Hall–Kier alpha value is -3.79. The molecule has 0 radical (unpaired) electrons. The number of amides is 2. The molecule has 1 aromatic carbocycles. The van der Waals surface area contributed by atoms with E-state index in [1.54, 1.807) is 38.1 Å². The van der Waals surface area contributed by atoms with Gasteiger partial charge in [0.2, 0.25) is 0 Å². The minimum atomic E-state index is -0.644. The summed E-state index contributed by atoms with van der Waals surface area (Å²) in [6, 6.07) is 8.04. The fourth-order valence-corrected chi connectivity index (χ4v) is 4.02. The van der Waals surface area contributed by atoms with Crippen LogP contribution >= 0.6 is 11.3 Å². The molecular formula is C22H22N2O7S. The Morgan fingerprint density at radius 3 is 2.47 bits per heavy atom. The molecule has 0 aliphatic heterocycles. The van der Waals surface area contributed by atoms with E-state index in [0.29, 0.717) is 22.7 Å². The van der Waals surface area contributed by atoms with Crippen LogP contribution in [0.15, 0.2) is 41.0 Å². The van der Waals surface area contributed by atoms with E-state index in [2.05, 4.69) is 10.6 Å². The zero-order valence-corrected chi connectivity index (χ0v) is 18.8. The van der Waals surface area contributed by atoms with Crippen LogP contribution in [-0.4, -0.2) is 38.6 Å². The van der Waals surface area contributed by atoms with Crippen LogP contribution in [0.3, 0.4) is 0 Å². The maximum absolute atomic E-state index is 13.1. The van der Waals surface area contributed by atoms with E-state index in [-0.39, 0.29) is 27.8 Å². The molecule has 0 saturated carbocycles. The van der Waals surface area contributed by atoms with Crippen LogP contribution in [0, 0.1) is 6.92 Å². The molecule has 0 aliphatic rings. The highest BCUT2D eigenvalue weighted by Gasteiger charge is 2.27. The topological polar surface area (TPSA) is 116 Å². The monoisotopic (exact) mass is 458 g/mol. The highest BCUT2D eigenvalue weighted by molar-refractivity contribution is 7.19. The van der Waals surface area contributed by atoms with Gasteiger partial charge in [-0.25, -0.2) is 4.79 Å². The fraction of sp³-hybridized carbons (Fsp3) is 0.227. The van der Waals surface area contributed by atoms with Gasteiger partial charge >= 0.3 is 5.97 Å². The molecule has 0 atom stereocenters. The van der Waals surface area contributed by atoms with Gasteiger partial charge in [-0.15, -0.1) is 11.3 Å². The minimum Gasteiger partial charge on any atom is -0.497 e. The summed E-state index contributed by atoms with van der Waals surface area (Å²) in [5.41, 5.74) is 0.880. The highest BCUT2D eigenvalue weighted by atomic mass is 32.1. The lowest BCUT2D eigenvalue weighted by Crippen LogP contribution is -2.15. The number of methoxy groups -OCH3 is 2. The normalized spacial score (nSPS) is 10.4. The number of nitrogens with one attached hydrogen (secondary N) is 2. The Morgan fingerprint density at radius 2 is 1.84 bits per heavy atom. The second-order valence-electron chi connectivity index (χ2n) is 6.43. The summed E-state index contributed by atoms with van der Waals surface area (Å²) >= 11 is 0.958. The Labute approximate surface area is 188 Å². The number of furan rings is 1. The van der Waals surface area contributed by atoms with Crippen molar-refractivity contribution in [3.8, 4) is 11.5 Å². The van der Waals surface area contributed by atoms with Crippen LogP contribution in [0.2, 0.25) is 0 Å². The molecule has 9 nitrogen and oxygen atoms in total. The molecular weight excluding hydrogens is 436 g/mol. The molecule has 10 heteroatoms. The summed E-state index contributed by atoms with van der Waals surface area (Å²) < 4.78 is 20.7. The van der Waals surface area contributed by atoms with E-state index in [9.17, 15) is 14.4 Å². The number of anilines is 2. The van der Waals surface area contributed by atoms with Crippen LogP contribution in [0.5, 0.6) is 11.5 Å². The van der Waals surface area contributed by atoms with Gasteiger partial charge in [-0.1, -0.05) is 0 Å². The molecule has 0 bridgehead atoms.